The van der Waals surface area contributed by atoms with Crippen molar-refractivity contribution in [3.8, 4) is 10.6 Å². The molecule has 2 N–H and O–H groups in total. The van der Waals surface area contributed by atoms with Crippen LogP contribution in [0.15, 0.2) is 22.9 Å². The van der Waals surface area contributed by atoms with Crippen molar-refractivity contribution < 1.29 is 9.45 Å². The fraction of sp³-hybridized carbons (Fsp3) is 0. The normalized spacial score (nSPS) is 10.3. The summed E-state index contributed by atoms with van der Waals surface area (Å²) >= 11 is 1.00. The van der Waals surface area contributed by atoms with Crippen LogP contribution in [0.5, 0.6) is 0 Å². The molecule has 2 rings (SSSR count). The van der Waals surface area contributed by atoms with Crippen molar-refractivity contribution in [1.29, 1.82) is 0 Å². The van der Waals surface area contributed by atoms with E-state index >= 15 is 0 Å². The second-order valence-electron chi connectivity index (χ2n) is 2.51. The number of thiophene rings is 1. The maximum Gasteiger partial charge on any atom is 0.324 e. The summed E-state index contributed by atoms with van der Waals surface area (Å²) in [5, 5.41) is 13.9. The summed E-state index contributed by atoms with van der Waals surface area (Å²) in [5.41, 5.74) is 5.92. The topological polar surface area (TPSA) is 95.2 Å². The maximum absolute atomic E-state index is 10.4. The molecule has 0 spiro atoms. The van der Waals surface area contributed by atoms with Crippen LogP contribution in [-0.2, 0) is 0 Å². The highest BCUT2D eigenvalue weighted by atomic mass is 32.1. The molecule has 0 aromatic carbocycles. The van der Waals surface area contributed by atoms with Crippen LogP contribution in [0.1, 0.15) is 0 Å². The number of nitrogens with zero attached hydrogens (tertiary/aromatic N) is 2. The summed E-state index contributed by atoms with van der Waals surface area (Å²) in [6.07, 6.45) is 1.36. The molecule has 0 saturated heterocycles. The number of nitrogens with two attached hydrogens (primary N) is 1. The molecule has 0 aliphatic rings. The molecule has 14 heavy (non-hydrogen) atoms. The zero-order valence-electron chi connectivity index (χ0n) is 6.84. The first kappa shape index (κ1) is 8.70. The SMILES string of the molecule is Nc1cnoc1-c1ccc([N+](=O)[O-])s1. The van der Waals surface area contributed by atoms with Crippen LogP contribution in [0, 0.1) is 10.1 Å². The van der Waals surface area contributed by atoms with E-state index in [1.165, 1.54) is 12.3 Å². The third kappa shape index (κ3) is 1.33. The van der Waals surface area contributed by atoms with E-state index in [2.05, 4.69) is 5.16 Å². The van der Waals surface area contributed by atoms with Gasteiger partial charge < -0.3 is 10.3 Å². The summed E-state index contributed by atoms with van der Waals surface area (Å²) in [4.78, 5) is 10.6. The monoisotopic (exact) mass is 211 g/mol. The number of aromatic nitrogens is 1. The lowest BCUT2D eigenvalue weighted by Crippen LogP contribution is -1.82. The molecule has 72 valence electrons. The van der Waals surface area contributed by atoms with Gasteiger partial charge in [0.2, 0.25) is 0 Å². The number of anilines is 1. The minimum absolute atomic E-state index is 0.0517. The third-order valence-corrected chi connectivity index (χ3v) is 2.63. The van der Waals surface area contributed by atoms with E-state index in [0.29, 0.717) is 16.3 Å². The minimum atomic E-state index is -0.458. The van der Waals surface area contributed by atoms with Gasteiger partial charge in [-0.05, 0) is 6.07 Å². The largest absolute Gasteiger partial charge is 0.394 e. The smallest absolute Gasteiger partial charge is 0.324 e. The van der Waals surface area contributed by atoms with Gasteiger partial charge >= 0.3 is 5.00 Å². The molecule has 6 nitrogen and oxygen atoms in total. The standard InChI is InChI=1S/C7H5N3O3S/c8-4-3-9-13-7(4)5-1-2-6(14-5)10(11)12/h1-3H,8H2. The van der Waals surface area contributed by atoms with Crippen LogP contribution in [0.2, 0.25) is 0 Å². The van der Waals surface area contributed by atoms with Gasteiger partial charge in [0.05, 0.1) is 16.0 Å². The molecule has 0 atom stereocenters. The highest BCUT2D eigenvalue weighted by Gasteiger charge is 2.15. The van der Waals surface area contributed by atoms with Gasteiger partial charge in [-0.25, -0.2) is 0 Å². The third-order valence-electron chi connectivity index (χ3n) is 1.59. The lowest BCUT2D eigenvalue weighted by Gasteiger charge is -1.88. The molecular formula is C7H5N3O3S. The molecule has 0 aliphatic carbocycles. The van der Waals surface area contributed by atoms with E-state index < -0.39 is 4.92 Å². The summed E-state index contributed by atoms with van der Waals surface area (Å²) in [6, 6.07) is 2.99. The van der Waals surface area contributed by atoms with Gasteiger partial charge in [0.1, 0.15) is 5.69 Å². The zero-order valence-corrected chi connectivity index (χ0v) is 7.65. The highest BCUT2D eigenvalue weighted by Crippen LogP contribution is 2.35. The van der Waals surface area contributed by atoms with Crippen molar-refractivity contribution >= 4 is 22.0 Å². The van der Waals surface area contributed by atoms with Crippen molar-refractivity contribution in [1.82, 2.24) is 5.16 Å². The molecular weight excluding hydrogens is 206 g/mol. The van der Waals surface area contributed by atoms with E-state index in [9.17, 15) is 10.1 Å². The second kappa shape index (κ2) is 3.11. The van der Waals surface area contributed by atoms with Crippen molar-refractivity contribution in [3.05, 3.63) is 28.4 Å². The van der Waals surface area contributed by atoms with E-state index in [-0.39, 0.29) is 5.00 Å². The Bertz CT molecular complexity index is 476. The van der Waals surface area contributed by atoms with Crippen LogP contribution in [0.4, 0.5) is 10.7 Å². The number of rotatable bonds is 2. The van der Waals surface area contributed by atoms with Crippen LogP contribution in [0.25, 0.3) is 10.6 Å². The van der Waals surface area contributed by atoms with Crippen LogP contribution in [-0.4, -0.2) is 10.1 Å². The maximum atomic E-state index is 10.4. The van der Waals surface area contributed by atoms with Crippen molar-refractivity contribution in [2.45, 2.75) is 0 Å². The van der Waals surface area contributed by atoms with E-state index in [1.807, 2.05) is 0 Å². The fourth-order valence-electron chi connectivity index (χ4n) is 0.982. The summed E-state index contributed by atoms with van der Waals surface area (Å²) in [5.74, 6) is 0.378. The predicted octanol–water partition coefficient (Wildman–Crippen LogP) is 1.89. The Hall–Kier alpha value is -1.89. The molecule has 2 heterocycles. The first-order valence-corrected chi connectivity index (χ1v) is 4.45. The molecule has 0 radical (unpaired) electrons. The Labute approximate surface area is 82.1 Å². The Morgan fingerprint density at radius 1 is 1.57 bits per heavy atom. The number of hydrogen-bond donors (Lipinski definition) is 1. The summed E-state index contributed by atoms with van der Waals surface area (Å²) in [7, 11) is 0. The molecule has 0 aliphatic heterocycles. The summed E-state index contributed by atoms with van der Waals surface area (Å²) in [6.45, 7) is 0. The first-order chi connectivity index (χ1) is 6.68. The lowest BCUT2D eigenvalue weighted by atomic mass is 10.3. The van der Waals surface area contributed by atoms with E-state index in [0.717, 1.165) is 11.3 Å². The van der Waals surface area contributed by atoms with Gasteiger partial charge in [-0.1, -0.05) is 16.5 Å². The Morgan fingerprint density at radius 2 is 2.36 bits per heavy atom. The van der Waals surface area contributed by atoms with Crippen molar-refractivity contribution in [2.24, 2.45) is 0 Å². The molecule has 0 fully saturated rings. The number of hydrogen-bond acceptors (Lipinski definition) is 6. The molecule has 7 heteroatoms. The van der Waals surface area contributed by atoms with E-state index in [1.54, 1.807) is 6.07 Å². The zero-order chi connectivity index (χ0) is 10.1. The Morgan fingerprint density at radius 3 is 2.86 bits per heavy atom. The van der Waals surface area contributed by atoms with Gasteiger partial charge in [0.15, 0.2) is 5.76 Å². The van der Waals surface area contributed by atoms with Crippen LogP contribution in [0.3, 0.4) is 0 Å². The molecule has 0 saturated carbocycles. The Balaban J connectivity index is 2.43. The quantitative estimate of drug-likeness (QED) is 0.604. The van der Waals surface area contributed by atoms with Crippen LogP contribution < -0.4 is 5.73 Å². The summed E-state index contributed by atoms with van der Waals surface area (Å²) < 4.78 is 4.86. The van der Waals surface area contributed by atoms with Gasteiger partial charge in [0.25, 0.3) is 0 Å². The van der Waals surface area contributed by atoms with Crippen LogP contribution >= 0.6 is 11.3 Å². The Kier molecular flexibility index (Phi) is 1.93. The van der Waals surface area contributed by atoms with Crippen molar-refractivity contribution in [3.63, 3.8) is 0 Å². The molecule has 2 aromatic rings. The first-order valence-electron chi connectivity index (χ1n) is 3.63. The molecule has 2 aromatic heterocycles. The van der Waals surface area contributed by atoms with Gasteiger partial charge in [0, 0.05) is 6.07 Å². The molecule has 0 amide bonds. The predicted molar refractivity (Wildman–Crippen MR) is 50.9 cm³/mol. The fourth-order valence-corrected chi connectivity index (χ4v) is 1.80. The average molecular weight is 211 g/mol. The van der Waals surface area contributed by atoms with Gasteiger partial charge in [-0.2, -0.15) is 0 Å². The second-order valence-corrected chi connectivity index (χ2v) is 3.57. The molecule has 0 bridgehead atoms. The number of nitro groups is 1. The van der Waals surface area contributed by atoms with Crippen molar-refractivity contribution in [2.75, 3.05) is 5.73 Å². The molecule has 0 unspecified atom stereocenters. The highest BCUT2D eigenvalue weighted by molar-refractivity contribution is 7.18. The van der Waals surface area contributed by atoms with E-state index in [4.69, 9.17) is 10.3 Å². The number of nitrogen functional groups attached to an aromatic ring is 1. The lowest BCUT2D eigenvalue weighted by molar-refractivity contribution is -0.380. The minimum Gasteiger partial charge on any atom is -0.394 e. The van der Waals surface area contributed by atoms with Gasteiger partial charge in [-0.15, -0.1) is 0 Å². The average Bonchev–Trinajstić information content (AvgIpc) is 2.71. The van der Waals surface area contributed by atoms with Gasteiger partial charge in [-0.3, -0.25) is 10.1 Å².